The van der Waals surface area contributed by atoms with Crippen molar-refractivity contribution in [1.29, 1.82) is 0 Å². The van der Waals surface area contributed by atoms with Gasteiger partial charge in [-0.05, 0) is 6.42 Å². The minimum absolute atomic E-state index is 0.528. The minimum Gasteiger partial charge on any atom is -0.481 e. The fraction of sp³-hybridized carbons (Fsp3) is 0.889. The number of rotatable bonds is 3. The van der Waals surface area contributed by atoms with Crippen LogP contribution in [0.5, 0.6) is 0 Å². The number of ether oxygens (including phenoxy) is 1. The Balaban J connectivity index is 2.37. The van der Waals surface area contributed by atoms with Crippen LogP contribution in [0.3, 0.4) is 0 Å². The Morgan fingerprint density at radius 1 is 1.64 bits per heavy atom. The maximum Gasteiger partial charge on any atom is 0.186 e. The molecule has 0 fully saturated rings. The summed E-state index contributed by atoms with van der Waals surface area (Å²) in [6.07, 6.45) is 3.49. The third kappa shape index (κ3) is 2.52. The topological polar surface area (TPSA) is 21.6 Å². The second-order valence-electron chi connectivity index (χ2n) is 3.11. The zero-order valence-corrected chi connectivity index (χ0v) is 7.47. The molecule has 1 unspecified atom stereocenters. The van der Waals surface area contributed by atoms with Gasteiger partial charge in [0.1, 0.15) is 0 Å². The average Bonchev–Trinajstić information content (AvgIpc) is 2.07. The van der Waals surface area contributed by atoms with Gasteiger partial charge in [-0.3, -0.25) is 4.99 Å². The van der Waals surface area contributed by atoms with Crippen LogP contribution in [-0.2, 0) is 4.74 Å². The van der Waals surface area contributed by atoms with E-state index in [0.717, 1.165) is 25.5 Å². The Hall–Kier alpha value is -0.530. The predicted molar refractivity (Wildman–Crippen MR) is 46.9 cm³/mol. The van der Waals surface area contributed by atoms with Gasteiger partial charge in [0.25, 0.3) is 0 Å². The van der Waals surface area contributed by atoms with Gasteiger partial charge >= 0.3 is 0 Å². The SMILES string of the molecule is CCCC(C)C1=NCCCO1. The first kappa shape index (κ1) is 8.57. The fourth-order valence-electron chi connectivity index (χ4n) is 1.33. The van der Waals surface area contributed by atoms with Crippen LogP contribution in [0.2, 0.25) is 0 Å². The monoisotopic (exact) mass is 155 g/mol. The molecule has 1 atom stereocenters. The van der Waals surface area contributed by atoms with Gasteiger partial charge in [0, 0.05) is 18.9 Å². The van der Waals surface area contributed by atoms with Gasteiger partial charge in [-0.1, -0.05) is 20.3 Å². The Bertz CT molecular complexity index is 142. The molecule has 0 N–H and O–H groups in total. The maximum absolute atomic E-state index is 5.44. The Kier molecular flexibility index (Phi) is 3.40. The molecule has 0 amide bonds. The zero-order valence-electron chi connectivity index (χ0n) is 7.47. The highest BCUT2D eigenvalue weighted by atomic mass is 16.5. The van der Waals surface area contributed by atoms with E-state index in [-0.39, 0.29) is 0 Å². The minimum atomic E-state index is 0.528. The summed E-state index contributed by atoms with van der Waals surface area (Å²) in [5.74, 6) is 1.51. The smallest absolute Gasteiger partial charge is 0.186 e. The van der Waals surface area contributed by atoms with Gasteiger partial charge in [0.15, 0.2) is 5.90 Å². The van der Waals surface area contributed by atoms with Gasteiger partial charge in [-0.2, -0.15) is 0 Å². The molecule has 0 aromatic carbocycles. The van der Waals surface area contributed by atoms with E-state index in [9.17, 15) is 0 Å². The molecule has 2 heteroatoms. The summed E-state index contributed by atoms with van der Waals surface area (Å²) in [5, 5.41) is 0. The summed E-state index contributed by atoms with van der Waals surface area (Å²) < 4.78 is 5.44. The molecule has 0 saturated carbocycles. The molecule has 1 rings (SSSR count). The largest absolute Gasteiger partial charge is 0.481 e. The first-order valence-corrected chi connectivity index (χ1v) is 4.51. The molecule has 0 aromatic heterocycles. The van der Waals surface area contributed by atoms with Gasteiger partial charge in [-0.15, -0.1) is 0 Å². The third-order valence-electron chi connectivity index (χ3n) is 1.96. The Morgan fingerprint density at radius 3 is 3.00 bits per heavy atom. The molecule has 2 nitrogen and oxygen atoms in total. The zero-order chi connectivity index (χ0) is 8.10. The van der Waals surface area contributed by atoms with Crippen molar-refractivity contribution in [2.75, 3.05) is 13.2 Å². The van der Waals surface area contributed by atoms with E-state index in [1.165, 1.54) is 12.8 Å². The van der Waals surface area contributed by atoms with Crippen LogP contribution in [0, 0.1) is 5.92 Å². The third-order valence-corrected chi connectivity index (χ3v) is 1.96. The standard InChI is InChI=1S/C9H17NO/c1-3-5-8(2)9-10-6-4-7-11-9/h8H,3-7H2,1-2H3. The molecule has 0 bridgehead atoms. The van der Waals surface area contributed by atoms with E-state index in [4.69, 9.17) is 4.74 Å². The van der Waals surface area contributed by atoms with Gasteiger partial charge in [0.05, 0.1) is 6.61 Å². The van der Waals surface area contributed by atoms with Crippen molar-refractivity contribution < 1.29 is 4.74 Å². The molecule has 0 spiro atoms. The first-order chi connectivity index (χ1) is 5.34. The summed E-state index contributed by atoms with van der Waals surface area (Å²) in [5.41, 5.74) is 0. The summed E-state index contributed by atoms with van der Waals surface area (Å²) in [6.45, 7) is 6.21. The molecule has 0 aliphatic carbocycles. The van der Waals surface area contributed by atoms with Crippen LogP contribution in [0.15, 0.2) is 4.99 Å². The first-order valence-electron chi connectivity index (χ1n) is 4.51. The van der Waals surface area contributed by atoms with E-state index >= 15 is 0 Å². The van der Waals surface area contributed by atoms with E-state index in [1.54, 1.807) is 0 Å². The Morgan fingerprint density at radius 2 is 2.45 bits per heavy atom. The molecule has 1 aliphatic rings. The molecule has 1 heterocycles. The van der Waals surface area contributed by atoms with Crippen molar-refractivity contribution in [3.8, 4) is 0 Å². The number of aliphatic imine (C=N–C) groups is 1. The van der Waals surface area contributed by atoms with E-state index < -0.39 is 0 Å². The second kappa shape index (κ2) is 4.37. The van der Waals surface area contributed by atoms with Crippen molar-refractivity contribution in [3.63, 3.8) is 0 Å². The summed E-state index contributed by atoms with van der Waals surface area (Å²) in [6, 6.07) is 0. The summed E-state index contributed by atoms with van der Waals surface area (Å²) in [7, 11) is 0. The molecule has 0 saturated heterocycles. The highest BCUT2D eigenvalue weighted by Crippen LogP contribution is 2.11. The molecular weight excluding hydrogens is 138 g/mol. The normalized spacial score (nSPS) is 20.4. The molecule has 1 aliphatic heterocycles. The van der Waals surface area contributed by atoms with Crippen molar-refractivity contribution in [2.45, 2.75) is 33.1 Å². The lowest BCUT2D eigenvalue weighted by Gasteiger charge is -2.18. The summed E-state index contributed by atoms with van der Waals surface area (Å²) in [4.78, 5) is 4.34. The van der Waals surface area contributed by atoms with Crippen molar-refractivity contribution in [1.82, 2.24) is 0 Å². The van der Waals surface area contributed by atoms with Crippen LogP contribution in [0.1, 0.15) is 33.1 Å². The van der Waals surface area contributed by atoms with Crippen LogP contribution >= 0.6 is 0 Å². The molecule has 0 aromatic rings. The van der Waals surface area contributed by atoms with Crippen LogP contribution in [0.4, 0.5) is 0 Å². The average molecular weight is 155 g/mol. The van der Waals surface area contributed by atoms with Gasteiger partial charge in [-0.25, -0.2) is 0 Å². The number of hydrogen-bond donors (Lipinski definition) is 0. The fourth-order valence-corrected chi connectivity index (χ4v) is 1.33. The lowest BCUT2D eigenvalue weighted by Crippen LogP contribution is -2.20. The summed E-state index contributed by atoms with van der Waals surface area (Å²) >= 11 is 0. The van der Waals surface area contributed by atoms with Gasteiger partial charge in [0.2, 0.25) is 0 Å². The van der Waals surface area contributed by atoms with E-state index in [1.807, 2.05) is 0 Å². The van der Waals surface area contributed by atoms with Gasteiger partial charge < -0.3 is 4.74 Å². The highest BCUT2D eigenvalue weighted by Gasteiger charge is 2.13. The molecule has 0 radical (unpaired) electrons. The Labute approximate surface area is 68.7 Å². The molecule has 64 valence electrons. The lowest BCUT2D eigenvalue weighted by atomic mass is 10.1. The van der Waals surface area contributed by atoms with Crippen molar-refractivity contribution >= 4 is 5.90 Å². The highest BCUT2D eigenvalue weighted by molar-refractivity contribution is 5.78. The lowest BCUT2D eigenvalue weighted by molar-refractivity contribution is 0.259. The molecular formula is C9H17NO. The number of nitrogens with zero attached hydrogens (tertiary/aromatic N) is 1. The van der Waals surface area contributed by atoms with E-state index in [2.05, 4.69) is 18.8 Å². The molecule has 11 heavy (non-hydrogen) atoms. The number of hydrogen-bond acceptors (Lipinski definition) is 2. The van der Waals surface area contributed by atoms with Crippen molar-refractivity contribution in [3.05, 3.63) is 0 Å². The van der Waals surface area contributed by atoms with E-state index in [0.29, 0.717) is 5.92 Å². The van der Waals surface area contributed by atoms with Crippen LogP contribution in [0.25, 0.3) is 0 Å². The van der Waals surface area contributed by atoms with Crippen LogP contribution < -0.4 is 0 Å². The second-order valence-corrected chi connectivity index (χ2v) is 3.11. The quantitative estimate of drug-likeness (QED) is 0.612. The van der Waals surface area contributed by atoms with Crippen molar-refractivity contribution in [2.24, 2.45) is 10.9 Å². The van der Waals surface area contributed by atoms with Crippen LogP contribution in [-0.4, -0.2) is 19.0 Å². The predicted octanol–water partition coefficient (Wildman–Crippen LogP) is 2.24. The maximum atomic E-state index is 5.44.